The van der Waals surface area contributed by atoms with Crippen molar-refractivity contribution < 1.29 is 47.0 Å². The first-order valence-electron chi connectivity index (χ1n) is 15.3. The van der Waals surface area contributed by atoms with E-state index in [1.165, 1.54) is 12.1 Å². The first-order chi connectivity index (χ1) is 23.7. The van der Waals surface area contributed by atoms with Crippen LogP contribution < -0.4 is 5.43 Å². The Morgan fingerprint density at radius 1 is 1.00 bits per heavy atom. The van der Waals surface area contributed by atoms with Crippen LogP contribution in [0.5, 0.6) is 5.75 Å². The number of allylic oxidation sites excluding steroid dienone is 2. The smallest absolute Gasteiger partial charge is 0.423 e. The van der Waals surface area contributed by atoms with E-state index in [-0.39, 0.29) is 18.6 Å². The van der Waals surface area contributed by atoms with Crippen molar-refractivity contribution >= 4 is 58.7 Å². The number of fused-ring (bicyclic) bond motifs is 4. The van der Waals surface area contributed by atoms with Crippen molar-refractivity contribution in [3.8, 4) is 5.75 Å². The van der Waals surface area contributed by atoms with Crippen molar-refractivity contribution in [2.75, 3.05) is 12.5 Å². The minimum atomic E-state index is -4.76. The molecule has 3 heterocycles. The zero-order chi connectivity index (χ0) is 35.9. The van der Waals surface area contributed by atoms with Gasteiger partial charge in [0, 0.05) is 17.1 Å². The maximum absolute atomic E-state index is 15.0. The van der Waals surface area contributed by atoms with Crippen LogP contribution in [0.25, 0.3) is 0 Å². The summed E-state index contributed by atoms with van der Waals surface area (Å²) in [5, 5.41) is 10.7. The van der Waals surface area contributed by atoms with Crippen LogP contribution >= 0.6 is 23.2 Å². The summed E-state index contributed by atoms with van der Waals surface area (Å²) in [6.07, 6.45) is -3.72. The van der Waals surface area contributed by atoms with Crippen molar-refractivity contribution in [2.24, 2.45) is 23.7 Å². The fraction of sp³-hybridized carbons (Fsp3) is 0.294. The summed E-state index contributed by atoms with van der Waals surface area (Å²) in [6.45, 7) is 0. The van der Waals surface area contributed by atoms with Crippen LogP contribution in [-0.2, 0) is 35.5 Å². The number of amides is 5. The lowest BCUT2D eigenvalue weighted by Crippen LogP contribution is -2.53. The summed E-state index contributed by atoms with van der Waals surface area (Å²) < 4.78 is 44.8. The molecule has 50 heavy (non-hydrogen) atoms. The molecule has 16 heteroatoms. The minimum Gasteiger partial charge on any atom is -0.508 e. The number of nitrogens with one attached hydrogen (secondary N) is 1. The average Bonchev–Trinajstić information content (AvgIpc) is 3.46. The van der Waals surface area contributed by atoms with Gasteiger partial charge in [-0.15, -0.1) is 0 Å². The Morgan fingerprint density at radius 3 is 2.30 bits per heavy atom. The molecule has 3 aromatic rings. The van der Waals surface area contributed by atoms with Gasteiger partial charge in [-0.3, -0.25) is 24.6 Å². The number of imide groups is 4. The number of hydrogen-bond acceptors (Lipinski definition) is 9. The van der Waals surface area contributed by atoms with Gasteiger partial charge in [-0.2, -0.15) is 23.1 Å². The first-order valence-corrected chi connectivity index (χ1v) is 16.0. The van der Waals surface area contributed by atoms with Gasteiger partial charge in [-0.25, -0.2) is 9.78 Å². The molecule has 6 unspecified atom stereocenters. The topological polar surface area (TPSA) is 146 Å². The number of alkyl halides is 3. The molecule has 2 aliphatic heterocycles. The van der Waals surface area contributed by atoms with Crippen LogP contribution in [-0.4, -0.2) is 56.8 Å². The summed E-state index contributed by atoms with van der Waals surface area (Å²) in [4.78, 5) is 73.5. The number of methoxy groups -OCH3 is 1. The third-order valence-corrected chi connectivity index (χ3v) is 10.7. The summed E-state index contributed by atoms with van der Waals surface area (Å²) in [6, 6.07) is 12.9. The number of aromatic nitrogens is 1. The van der Waals surface area contributed by atoms with E-state index in [1.807, 2.05) is 0 Å². The Kier molecular flexibility index (Phi) is 7.94. The number of nitrogens with zero attached hydrogens (tertiary/aromatic N) is 3. The number of phenols is 1. The van der Waals surface area contributed by atoms with Crippen LogP contribution in [0.2, 0.25) is 10.0 Å². The summed E-state index contributed by atoms with van der Waals surface area (Å²) >= 11 is 12.4. The molecule has 7 rings (SSSR count). The number of hydrazine groups is 1. The molecule has 6 atom stereocenters. The number of pyridine rings is 1. The standard InChI is InChI=1S/C34H25Cl2F3N4O7/c1-50-32(49)42-28(45)21-11-10-20-22(25(21)30(42)47)13-23-29(46)43(41-27-24(36)12-17(14-40-27)34(37,38)39)31(48)33(23,16-4-6-18(35)7-5-16)26(20)15-2-8-19(44)9-3-15/h2-10,12,14,21-23,25-26,44H,11,13H2,1H3,(H,40,41). The lowest BCUT2D eigenvalue weighted by Gasteiger charge is -2.50. The van der Waals surface area contributed by atoms with E-state index in [0.717, 1.165) is 7.11 Å². The molecule has 4 aliphatic rings. The maximum Gasteiger partial charge on any atom is 0.423 e. The molecule has 2 N–H and O–H groups in total. The van der Waals surface area contributed by atoms with Crippen molar-refractivity contribution in [3.63, 3.8) is 0 Å². The van der Waals surface area contributed by atoms with E-state index in [9.17, 15) is 37.5 Å². The van der Waals surface area contributed by atoms with E-state index in [2.05, 4.69) is 10.4 Å². The lowest BCUT2D eigenvalue weighted by molar-refractivity contribution is -0.140. The molecule has 11 nitrogen and oxygen atoms in total. The Balaban J connectivity index is 1.42. The molecule has 5 amide bonds. The number of likely N-dealkylation sites (tertiary alicyclic amines) is 1. The number of hydrogen-bond donors (Lipinski definition) is 2. The Morgan fingerprint density at radius 2 is 1.68 bits per heavy atom. The Labute approximate surface area is 291 Å². The second kappa shape index (κ2) is 11.8. The number of anilines is 1. The number of carbonyl (C=O) groups is 5. The Bertz CT molecular complexity index is 2010. The molecular formula is C34H25Cl2F3N4O7. The molecule has 2 aromatic carbocycles. The van der Waals surface area contributed by atoms with Crippen LogP contribution in [0.1, 0.15) is 35.4 Å². The number of ether oxygens (including phenoxy) is 1. The summed E-state index contributed by atoms with van der Waals surface area (Å²) in [5.74, 6) is -8.63. The fourth-order valence-electron chi connectivity index (χ4n) is 8.10. The molecule has 2 aliphatic carbocycles. The largest absolute Gasteiger partial charge is 0.508 e. The quantitative estimate of drug-likeness (QED) is 0.249. The van der Waals surface area contributed by atoms with Gasteiger partial charge in [-0.1, -0.05) is 59.1 Å². The normalized spacial score (nSPS) is 27.5. The molecular weight excluding hydrogens is 704 g/mol. The van der Waals surface area contributed by atoms with Gasteiger partial charge in [-0.05, 0) is 60.2 Å². The molecule has 2 saturated heterocycles. The van der Waals surface area contributed by atoms with E-state index in [1.54, 1.807) is 42.5 Å². The molecule has 0 radical (unpaired) electrons. The monoisotopic (exact) mass is 728 g/mol. The van der Waals surface area contributed by atoms with E-state index in [4.69, 9.17) is 27.9 Å². The highest BCUT2D eigenvalue weighted by Crippen LogP contribution is 2.64. The molecule has 0 bridgehead atoms. The first kappa shape index (κ1) is 33.5. The van der Waals surface area contributed by atoms with Crippen molar-refractivity contribution in [1.82, 2.24) is 14.9 Å². The van der Waals surface area contributed by atoms with Gasteiger partial charge in [0.2, 0.25) is 11.8 Å². The molecule has 3 fully saturated rings. The highest BCUT2D eigenvalue weighted by molar-refractivity contribution is 6.33. The highest BCUT2D eigenvalue weighted by atomic mass is 35.5. The van der Waals surface area contributed by atoms with Gasteiger partial charge in [0.05, 0.1) is 40.9 Å². The van der Waals surface area contributed by atoms with Crippen molar-refractivity contribution in [3.05, 3.63) is 99.2 Å². The summed E-state index contributed by atoms with van der Waals surface area (Å²) in [7, 11) is 1.04. The predicted octanol–water partition coefficient (Wildman–Crippen LogP) is 5.86. The SMILES string of the molecule is COC(=O)N1C(=O)C2CC=C3C(CC4C(=O)N(Nc5ncc(C(F)(F)F)cc5Cl)C(=O)C4(c4ccc(Cl)cc4)C3c3ccc(O)cc3)C2C1=O. The average molecular weight is 729 g/mol. The van der Waals surface area contributed by atoms with Gasteiger partial charge < -0.3 is 9.84 Å². The maximum atomic E-state index is 15.0. The van der Waals surface area contributed by atoms with E-state index < -0.39 is 87.3 Å². The highest BCUT2D eigenvalue weighted by Gasteiger charge is 2.70. The Hall–Kier alpha value is -4.95. The van der Waals surface area contributed by atoms with Crippen molar-refractivity contribution in [1.29, 1.82) is 0 Å². The third kappa shape index (κ3) is 4.87. The van der Waals surface area contributed by atoms with Gasteiger partial charge in [0.15, 0.2) is 5.82 Å². The molecule has 0 spiro atoms. The number of benzene rings is 2. The predicted molar refractivity (Wildman–Crippen MR) is 169 cm³/mol. The zero-order valence-electron chi connectivity index (χ0n) is 25.8. The lowest BCUT2D eigenvalue weighted by atomic mass is 9.49. The number of carbonyl (C=O) groups excluding carboxylic acids is 5. The second-order valence-electron chi connectivity index (χ2n) is 12.5. The van der Waals surface area contributed by atoms with Gasteiger partial charge >= 0.3 is 12.3 Å². The van der Waals surface area contributed by atoms with E-state index in [0.29, 0.717) is 43.9 Å². The van der Waals surface area contributed by atoms with E-state index >= 15 is 4.79 Å². The number of aromatic hydroxyl groups is 1. The van der Waals surface area contributed by atoms with Crippen LogP contribution in [0, 0.1) is 23.7 Å². The molecule has 258 valence electrons. The number of phenolic OH excluding ortho intramolecular Hbond substituents is 1. The zero-order valence-corrected chi connectivity index (χ0v) is 27.3. The van der Waals surface area contributed by atoms with Crippen LogP contribution in [0.4, 0.5) is 23.8 Å². The molecule has 1 saturated carbocycles. The summed E-state index contributed by atoms with van der Waals surface area (Å²) in [5.41, 5.74) is 1.07. The van der Waals surface area contributed by atoms with Crippen LogP contribution in [0.3, 0.4) is 0 Å². The number of rotatable bonds is 4. The molecule has 1 aromatic heterocycles. The van der Waals surface area contributed by atoms with Gasteiger partial charge in [0.25, 0.3) is 11.8 Å². The fourth-order valence-corrected chi connectivity index (χ4v) is 8.43. The second-order valence-corrected chi connectivity index (χ2v) is 13.3. The van der Waals surface area contributed by atoms with Gasteiger partial charge in [0.1, 0.15) is 5.75 Å². The minimum absolute atomic E-state index is 0.0414. The number of halogens is 5. The van der Waals surface area contributed by atoms with Crippen molar-refractivity contribution in [2.45, 2.75) is 30.4 Å². The third-order valence-electron chi connectivity index (χ3n) is 10.1. The van der Waals surface area contributed by atoms with Crippen LogP contribution in [0.15, 0.2) is 72.4 Å².